The summed E-state index contributed by atoms with van der Waals surface area (Å²) < 4.78 is 7.63. The second-order valence-corrected chi connectivity index (χ2v) is 7.69. The van der Waals surface area contributed by atoms with Crippen LogP contribution in [0.3, 0.4) is 0 Å². The standard InChI is InChI=1S/C24H23N5O2/c25-23(30)20-10-11-21(29-24(20)26-16-27-29)18-8-6-17(7-9-18)14-28-12-13-31-22(15-28)19-4-2-1-3-5-19/h1-11,16,22H,12-15H2,(H2,25,30). The molecule has 7 nitrogen and oxygen atoms in total. The van der Waals surface area contributed by atoms with E-state index in [-0.39, 0.29) is 6.10 Å². The molecule has 1 unspecified atom stereocenters. The fourth-order valence-electron chi connectivity index (χ4n) is 4.07. The van der Waals surface area contributed by atoms with Crippen LogP contribution in [0.2, 0.25) is 0 Å². The Hall–Kier alpha value is -3.55. The van der Waals surface area contributed by atoms with Crippen LogP contribution in [0.1, 0.15) is 27.6 Å². The Bertz CT molecular complexity index is 1200. The molecule has 0 radical (unpaired) electrons. The zero-order valence-electron chi connectivity index (χ0n) is 17.0. The molecule has 2 aromatic carbocycles. The van der Waals surface area contributed by atoms with Gasteiger partial charge in [-0.15, -0.1) is 0 Å². The van der Waals surface area contributed by atoms with Crippen molar-refractivity contribution in [1.82, 2.24) is 19.5 Å². The molecule has 1 saturated heterocycles. The van der Waals surface area contributed by atoms with E-state index in [1.54, 1.807) is 10.6 Å². The van der Waals surface area contributed by atoms with Crippen LogP contribution >= 0.6 is 0 Å². The van der Waals surface area contributed by atoms with E-state index in [0.29, 0.717) is 11.2 Å². The summed E-state index contributed by atoms with van der Waals surface area (Å²) in [6, 6.07) is 22.3. The lowest BCUT2D eigenvalue weighted by Gasteiger charge is -2.33. The van der Waals surface area contributed by atoms with Crippen LogP contribution in [-0.2, 0) is 11.3 Å². The zero-order valence-corrected chi connectivity index (χ0v) is 17.0. The SMILES string of the molecule is NC(=O)c1ccc(-c2ccc(CN3CCOC(c4ccccc4)C3)cc2)n2ncnc12. The quantitative estimate of drug-likeness (QED) is 0.543. The molecule has 1 fully saturated rings. The zero-order chi connectivity index (χ0) is 21.2. The Balaban J connectivity index is 1.33. The Labute approximate surface area is 180 Å². The second-order valence-electron chi connectivity index (χ2n) is 7.69. The number of pyridine rings is 1. The van der Waals surface area contributed by atoms with Crippen molar-refractivity contribution in [1.29, 1.82) is 0 Å². The van der Waals surface area contributed by atoms with Gasteiger partial charge in [-0.3, -0.25) is 9.69 Å². The van der Waals surface area contributed by atoms with Crippen LogP contribution in [0.4, 0.5) is 0 Å². The molecule has 1 aliphatic rings. The molecular formula is C24H23N5O2. The molecule has 0 aliphatic carbocycles. The minimum atomic E-state index is -0.515. The highest BCUT2D eigenvalue weighted by molar-refractivity contribution is 5.99. The molecular weight excluding hydrogens is 390 g/mol. The summed E-state index contributed by atoms with van der Waals surface area (Å²) in [6.45, 7) is 3.39. The molecule has 5 rings (SSSR count). The summed E-state index contributed by atoms with van der Waals surface area (Å²) in [6.07, 6.45) is 1.54. The number of carbonyl (C=O) groups excluding carboxylic acids is 1. The first-order valence-corrected chi connectivity index (χ1v) is 10.3. The van der Waals surface area contributed by atoms with Gasteiger partial charge in [-0.05, 0) is 23.3 Å². The van der Waals surface area contributed by atoms with Gasteiger partial charge in [-0.2, -0.15) is 5.10 Å². The molecule has 156 valence electrons. The Kier molecular flexibility index (Phi) is 5.19. The maximum atomic E-state index is 11.6. The van der Waals surface area contributed by atoms with Crippen LogP contribution in [0.25, 0.3) is 16.9 Å². The van der Waals surface area contributed by atoms with E-state index >= 15 is 0 Å². The maximum absolute atomic E-state index is 11.6. The Morgan fingerprint density at radius 3 is 2.65 bits per heavy atom. The van der Waals surface area contributed by atoms with Crippen molar-refractivity contribution in [2.24, 2.45) is 5.73 Å². The summed E-state index contributed by atoms with van der Waals surface area (Å²) in [4.78, 5) is 18.2. The van der Waals surface area contributed by atoms with Crippen LogP contribution in [0, 0.1) is 0 Å². The van der Waals surface area contributed by atoms with Gasteiger partial charge in [0.25, 0.3) is 5.91 Å². The van der Waals surface area contributed by atoms with Gasteiger partial charge in [-0.1, -0.05) is 54.6 Å². The number of amides is 1. The highest BCUT2D eigenvalue weighted by atomic mass is 16.5. The average Bonchev–Trinajstić information content (AvgIpc) is 3.30. The van der Waals surface area contributed by atoms with Crippen LogP contribution in [0.5, 0.6) is 0 Å². The summed E-state index contributed by atoms with van der Waals surface area (Å²) in [5.74, 6) is -0.515. The molecule has 1 atom stereocenters. The lowest BCUT2D eigenvalue weighted by atomic mass is 10.1. The summed E-state index contributed by atoms with van der Waals surface area (Å²) >= 11 is 0. The number of rotatable bonds is 5. The molecule has 31 heavy (non-hydrogen) atoms. The third-order valence-corrected chi connectivity index (χ3v) is 5.67. The van der Waals surface area contributed by atoms with Crippen molar-refractivity contribution in [2.75, 3.05) is 19.7 Å². The monoisotopic (exact) mass is 413 g/mol. The normalized spacial score (nSPS) is 17.1. The van der Waals surface area contributed by atoms with Crippen molar-refractivity contribution >= 4 is 11.6 Å². The number of fused-ring (bicyclic) bond motifs is 1. The predicted molar refractivity (Wildman–Crippen MR) is 117 cm³/mol. The van der Waals surface area contributed by atoms with Gasteiger partial charge in [0.15, 0.2) is 5.65 Å². The summed E-state index contributed by atoms with van der Waals surface area (Å²) in [5, 5.41) is 4.27. The molecule has 2 aromatic heterocycles. The molecule has 0 spiro atoms. The first-order chi connectivity index (χ1) is 15.2. The smallest absolute Gasteiger partial charge is 0.252 e. The number of aromatic nitrogens is 3. The molecule has 1 aliphatic heterocycles. The Morgan fingerprint density at radius 1 is 1.06 bits per heavy atom. The van der Waals surface area contributed by atoms with E-state index in [1.165, 1.54) is 17.5 Å². The number of nitrogens with two attached hydrogens (primary N) is 1. The van der Waals surface area contributed by atoms with Crippen LogP contribution in [0.15, 0.2) is 73.1 Å². The molecule has 0 saturated carbocycles. The van der Waals surface area contributed by atoms with E-state index < -0.39 is 5.91 Å². The first kappa shape index (κ1) is 19.4. The van der Waals surface area contributed by atoms with E-state index in [9.17, 15) is 4.79 Å². The first-order valence-electron chi connectivity index (χ1n) is 10.3. The number of hydrogen-bond acceptors (Lipinski definition) is 5. The molecule has 3 heterocycles. The molecule has 2 N–H and O–H groups in total. The fourth-order valence-corrected chi connectivity index (χ4v) is 4.07. The largest absolute Gasteiger partial charge is 0.371 e. The molecule has 4 aromatic rings. The third-order valence-electron chi connectivity index (χ3n) is 5.67. The minimum Gasteiger partial charge on any atom is -0.371 e. The van der Waals surface area contributed by atoms with Gasteiger partial charge in [0.2, 0.25) is 0 Å². The number of ether oxygens (including phenoxy) is 1. The van der Waals surface area contributed by atoms with Gasteiger partial charge in [0.1, 0.15) is 6.33 Å². The van der Waals surface area contributed by atoms with Crippen molar-refractivity contribution in [2.45, 2.75) is 12.6 Å². The molecule has 1 amide bonds. The van der Waals surface area contributed by atoms with Crippen molar-refractivity contribution in [3.8, 4) is 11.3 Å². The van der Waals surface area contributed by atoms with Crippen molar-refractivity contribution in [3.63, 3.8) is 0 Å². The highest BCUT2D eigenvalue weighted by Gasteiger charge is 2.22. The molecule has 0 bridgehead atoms. The van der Waals surface area contributed by atoms with Crippen LogP contribution in [-0.4, -0.2) is 45.1 Å². The third kappa shape index (κ3) is 3.93. The lowest BCUT2D eigenvalue weighted by molar-refractivity contribution is -0.0329. The number of morpholine rings is 1. The maximum Gasteiger partial charge on any atom is 0.252 e. The second kappa shape index (κ2) is 8.29. The Morgan fingerprint density at radius 2 is 1.87 bits per heavy atom. The van der Waals surface area contributed by atoms with Crippen LogP contribution < -0.4 is 5.73 Å². The number of nitrogens with zero attached hydrogens (tertiary/aromatic N) is 4. The van der Waals surface area contributed by atoms with E-state index in [1.807, 2.05) is 12.1 Å². The summed E-state index contributed by atoms with van der Waals surface area (Å²) in [5.41, 5.74) is 10.6. The number of hydrogen-bond donors (Lipinski definition) is 1. The van der Waals surface area contributed by atoms with Crippen molar-refractivity contribution < 1.29 is 9.53 Å². The van der Waals surface area contributed by atoms with Gasteiger partial charge < -0.3 is 10.5 Å². The average molecular weight is 413 g/mol. The van der Waals surface area contributed by atoms with Gasteiger partial charge in [0, 0.05) is 25.2 Å². The van der Waals surface area contributed by atoms with E-state index in [2.05, 4.69) is 63.5 Å². The number of benzene rings is 2. The minimum absolute atomic E-state index is 0.110. The van der Waals surface area contributed by atoms with Gasteiger partial charge in [0.05, 0.1) is 24.0 Å². The van der Waals surface area contributed by atoms with E-state index in [4.69, 9.17) is 10.5 Å². The predicted octanol–water partition coefficient (Wildman–Crippen LogP) is 3.07. The van der Waals surface area contributed by atoms with Crippen molar-refractivity contribution in [3.05, 3.63) is 89.7 Å². The molecule has 7 heteroatoms. The van der Waals surface area contributed by atoms with E-state index in [0.717, 1.165) is 37.5 Å². The topological polar surface area (TPSA) is 85.8 Å². The summed E-state index contributed by atoms with van der Waals surface area (Å²) in [7, 11) is 0. The lowest BCUT2D eigenvalue weighted by Crippen LogP contribution is -2.37. The fraction of sp³-hybridized carbons (Fsp3) is 0.208. The number of primary amides is 1. The van der Waals surface area contributed by atoms with Gasteiger partial charge >= 0.3 is 0 Å². The number of carbonyl (C=O) groups is 1. The van der Waals surface area contributed by atoms with Gasteiger partial charge in [-0.25, -0.2) is 9.50 Å². The highest BCUT2D eigenvalue weighted by Crippen LogP contribution is 2.25.